The molecule has 0 aromatic rings. The van der Waals surface area contributed by atoms with Crippen molar-refractivity contribution in [3.05, 3.63) is 0 Å². The summed E-state index contributed by atoms with van der Waals surface area (Å²) in [6.07, 6.45) is 0. The van der Waals surface area contributed by atoms with Gasteiger partial charge >= 0.3 is 59.1 Å². The van der Waals surface area contributed by atoms with Gasteiger partial charge in [0.25, 0.3) is 0 Å². The molecule has 6 heavy (non-hydrogen) atoms. The Morgan fingerprint density at radius 3 is 1.00 bits per heavy atom. The van der Waals surface area contributed by atoms with E-state index in [2.05, 4.69) is 10.1 Å². The van der Waals surface area contributed by atoms with E-state index in [1.807, 2.05) is 0 Å². The number of rotatable bonds is 1. The predicted octanol–water partition coefficient (Wildman–Crippen LogP) is -8.51. The number of hydrogen-bond acceptors (Lipinski definition) is 4. The molecular weight excluding hydrogens is 110 g/mol. The van der Waals surface area contributed by atoms with Gasteiger partial charge in [-0.1, -0.05) is 0 Å². The minimum Gasteiger partial charge on any atom is -0.693 e. The first-order chi connectivity index (χ1) is 1.91. The van der Waals surface area contributed by atoms with E-state index < -0.39 is 0 Å². The topological polar surface area (TPSA) is 64.6 Å². The van der Waals surface area contributed by atoms with Crippen molar-refractivity contribution in [1.82, 2.24) is 0 Å². The Balaban J connectivity index is -0.0000000450. The average Bonchev–Trinajstić information content (AvgIpc) is 1.37. The summed E-state index contributed by atoms with van der Waals surface area (Å²) in [4.78, 5) is 0. The minimum atomic E-state index is 0. The molecule has 0 unspecified atom stereocenters. The van der Waals surface area contributed by atoms with Crippen LogP contribution in [-0.2, 0) is 10.1 Å². The summed E-state index contributed by atoms with van der Waals surface area (Å²) in [5, 5.41) is 21.0. The summed E-state index contributed by atoms with van der Waals surface area (Å²) in [6, 6.07) is 0. The molecule has 0 saturated carbocycles. The Morgan fingerprint density at radius 2 is 1.00 bits per heavy atom. The predicted molar refractivity (Wildman–Crippen MR) is 2.17 cm³/mol. The van der Waals surface area contributed by atoms with Gasteiger partial charge in [-0.25, -0.2) is 0 Å². The summed E-state index contributed by atoms with van der Waals surface area (Å²) >= 11 is 0. The smallest absolute Gasteiger partial charge is 0.693 e. The molecule has 0 heterocycles. The van der Waals surface area contributed by atoms with E-state index >= 15 is 0 Å². The van der Waals surface area contributed by atoms with Crippen molar-refractivity contribution in [3.63, 3.8) is 0 Å². The molecule has 0 spiro atoms. The standard InChI is InChI=1S/2Na.H2O4/c;;1-3-4-2/h;;1-2H/q2*+1;/p-2. The molecule has 0 bridgehead atoms. The molecule has 0 N–H and O–H groups in total. The molecule has 0 aromatic heterocycles. The van der Waals surface area contributed by atoms with Crippen LogP contribution in [0.25, 0.3) is 0 Å². The van der Waals surface area contributed by atoms with Crippen molar-refractivity contribution >= 4 is 0 Å². The van der Waals surface area contributed by atoms with E-state index in [0.29, 0.717) is 0 Å². The molecule has 0 aromatic carbocycles. The van der Waals surface area contributed by atoms with Crippen molar-refractivity contribution in [2.24, 2.45) is 0 Å². The summed E-state index contributed by atoms with van der Waals surface area (Å²) in [5.74, 6) is 0. The molecule has 6 heteroatoms. The molecule has 0 fully saturated rings. The van der Waals surface area contributed by atoms with Gasteiger partial charge in [-0.05, 0) is 0 Å². The largest absolute Gasteiger partial charge is 1.00 e. The van der Waals surface area contributed by atoms with Gasteiger partial charge in [0.05, 0.1) is 0 Å². The third kappa shape index (κ3) is 17.0. The van der Waals surface area contributed by atoms with Crippen LogP contribution in [0, 0.1) is 0 Å². The van der Waals surface area contributed by atoms with Crippen LogP contribution in [0.15, 0.2) is 0 Å². The van der Waals surface area contributed by atoms with Gasteiger partial charge in [0, 0.05) is 0 Å². The fourth-order valence-electron chi connectivity index (χ4n) is 0. The molecule has 0 rings (SSSR count). The van der Waals surface area contributed by atoms with Crippen molar-refractivity contribution in [1.29, 1.82) is 0 Å². The van der Waals surface area contributed by atoms with Gasteiger partial charge in [-0.15, -0.1) is 0 Å². The van der Waals surface area contributed by atoms with Gasteiger partial charge < -0.3 is 20.6 Å². The molecule has 0 aliphatic rings. The van der Waals surface area contributed by atoms with Crippen LogP contribution in [-0.4, -0.2) is 0 Å². The van der Waals surface area contributed by atoms with E-state index in [1.165, 1.54) is 0 Å². The zero-order chi connectivity index (χ0) is 3.41. The van der Waals surface area contributed by atoms with Gasteiger partial charge in [0.1, 0.15) is 0 Å². The maximum atomic E-state index is 8.26. The van der Waals surface area contributed by atoms with E-state index in [9.17, 15) is 0 Å². The van der Waals surface area contributed by atoms with E-state index in [-0.39, 0.29) is 59.1 Å². The number of hydrogen-bond donors (Lipinski definition) is 0. The minimum absolute atomic E-state index is 0. The first-order valence-electron chi connectivity index (χ1n) is 0.500. The summed E-state index contributed by atoms with van der Waals surface area (Å²) in [5.41, 5.74) is 0. The molecule has 0 atom stereocenters. The van der Waals surface area contributed by atoms with Crippen molar-refractivity contribution in [2.45, 2.75) is 0 Å². The monoisotopic (exact) mass is 110 g/mol. The maximum Gasteiger partial charge on any atom is 1.00 e. The van der Waals surface area contributed by atoms with Crippen molar-refractivity contribution < 1.29 is 79.7 Å². The van der Waals surface area contributed by atoms with Crippen LogP contribution in [0.1, 0.15) is 0 Å². The summed E-state index contributed by atoms with van der Waals surface area (Å²) in [7, 11) is 0. The zero-order valence-electron chi connectivity index (χ0n) is 3.63. The zero-order valence-corrected chi connectivity index (χ0v) is 7.63. The SMILES string of the molecule is [Na+].[Na+].[O-]OO[O-]. The van der Waals surface area contributed by atoms with Crippen molar-refractivity contribution in [3.8, 4) is 0 Å². The van der Waals surface area contributed by atoms with Crippen LogP contribution in [0.5, 0.6) is 0 Å². The molecule has 0 saturated heterocycles. The molecule has 0 aliphatic carbocycles. The van der Waals surface area contributed by atoms with E-state index in [0.717, 1.165) is 0 Å². The first kappa shape index (κ1) is 15.7. The van der Waals surface area contributed by atoms with E-state index in [4.69, 9.17) is 10.5 Å². The van der Waals surface area contributed by atoms with Crippen molar-refractivity contribution in [2.75, 3.05) is 0 Å². The first-order valence-corrected chi connectivity index (χ1v) is 0.500. The molecule has 26 valence electrons. The van der Waals surface area contributed by atoms with E-state index in [1.54, 1.807) is 0 Å². The molecule has 0 amide bonds. The third-order valence-corrected chi connectivity index (χ3v) is 0.0278. The Morgan fingerprint density at radius 1 is 0.833 bits per heavy atom. The fourth-order valence-corrected chi connectivity index (χ4v) is 0. The van der Waals surface area contributed by atoms with Gasteiger partial charge in [0.15, 0.2) is 0 Å². The summed E-state index contributed by atoms with van der Waals surface area (Å²) < 4.78 is 0. The normalized spacial score (nSPS) is 5.00. The fraction of sp³-hybridized carbons (Fsp3) is 0. The second-order valence-corrected chi connectivity index (χ2v) is 0.136. The second kappa shape index (κ2) is 15.8. The molecule has 0 radical (unpaired) electrons. The average molecular weight is 110 g/mol. The molecule has 0 aliphatic heterocycles. The van der Waals surface area contributed by atoms with Crippen LogP contribution >= 0.6 is 0 Å². The van der Waals surface area contributed by atoms with Crippen LogP contribution in [0.4, 0.5) is 0 Å². The van der Waals surface area contributed by atoms with Gasteiger partial charge in [-0.2, -0.15) is 0 Å². The maximum absolute atomic E-state index is 8.26. The van der Waals surface area contributed by atoms with Crippen LogP contribution in [0.2, 0.25) is 0 Å². The quantitative estimate of drug-likeness (QED) is 0.191. The Hall–Kier alpha value is 1.84. The summed E-state index contributed by atoms with van der Waals surface area (Å²) in [6.45, 7) is 0. The van der Waals surface area contributed by atoms with Crippen LogP contribution in [0.3, 0.4) is 0 Å². The Kier molecular flexibility index (Phi) is 41.3. The Bertz CT molecular complexity index is 7.51. The van der Waals surface area contributed by atoms with Gasteiger partial charge in [0.2, 0.25) is 0 Å². The van der Waals surface area contributed by atoms with Gasteiger partial charge in [-0.3, -0.25) is 0 Å². The molecular formula is Na2O4. The second-order valence-electron chi connectivity index (χ2n) is 0.136. The Labute approximate surface area is 78.8 Å². The molecule has 4 nitrogen and oxygen atoms in total. The third-order valence-electron chi connectivity index (χ3n) is 0.0278. The van der Waals surface area contributed by atoms with Crippen LogP contribution < -0.4 is 69.6 Å².